The molecule has 2 amide bonds. The van der Waals surface area contributed by atoms with Gasteiger partial charge in [0.2, 0.25) is 0 Å². The lowest BCUT2D eigenvalue weighted by Gasteiger charge is -2.14. The highest BCUT2D eigenvalue weighted by atomic mass is 35.5. The van der Waals surface area contributed by atoms with Gasteiger partial charge in [0.15, 0.2) is 6.61 Å². The van der Waals surface area contributed by atoms with E-state index >= 15 is 0 Å². The maximum absolute atomic E-state index is 12.1. The Hall–Kier alpha value is -3.46. The molecule has 0 aromatic heterocycles. The zero-order valence-electron chi connectivity index (χ0n) is 15.6. The summed E-state index contributed by atoms with van der Waals surface area (Å²) >= 11 is 5.78. The van der Waals surface area contributed by atoms with Gasteiger partial charge >= 0.3 is 5.97 Å². The van der Waals surface area contributed by atoms with Gasteiger partial charge in [-0.2, -0.15) is 0 Å². The fourth-order valence-corrected chi connectivity index (χ4v) is 2.51. The first-order valence-electron chi connectivity index (χ1n) is 8.45. The molecule has 2 aromatic rings. The van der Waals surface area contributed by atoms with Crippen LogP contribution in [-0.2, 0) is 14.3 Å². The number of carbonyl (C=O) groups is 3. The van der Waals surface area contributed by atoms with E-state index in [2.05, 4.69) is 10.6 Å². The third-order valence-electron chi connectivity index (χ3n) is 3.76. The van der Waals surface area contributed by atoms with Crippen LogP contribution in [0.1, 0.15) is 22.8 Å². The van der Waals surface area contributed by atoms with Crippen molar-refractivity contribution in [2.45, 2.75) is 19.9 Å². The minimum atomic E-state index is -1.00. The Morgan fingerprint density at radius 3 is 2.59 bits per heavy atom. The van der Waals surface area contributed by atoms with E-state index in [1.54, 1.807) is 18.2 Å². The summed E-state index contributed by atoms with van der Waals surface area (Å²) < 4.78 is 4.86. The smallest absolute Gasteiger partial charge is 0.328 e. The van der Waals surface area contributed by atoms with E-state index in [-0.39, 0.29) is 16.4 Å². The predicted molar refractivity (Wildman–Crippen MR) is 106 cm³/mol. The van der Waals surface area contributed by atoms with Gasteiger partial charge in [-0.25, -0.2) is 4.79 Å². The van der Waals surface area contributed by atoms with Crippen LogP contribution in [0.5, 0.6) is 0 Å². The summed E-state index contributed by atoms with van der Waals surface area (Å²) in [6.07, 6.45) is 0. The topological polar surface area (TPSA) is 128 Å². The minimum Gasteiger partial charge on any atom is -0.454 e. The van der Waals surface area contributed by atoms with Crippen molar-refractivity contribution in [1.82, 2.24) is 5.32 Å². The molecule has 29 heavy (non-hydrogen) atoms. The molecule has 0 heterocycles. The number of halogens is 1. The summed E-state index contributed by atoms with van der Waals surface area (Å²) in [6, 6.07) is 9.48. The summed E-state index contributed by atoms with van der Waals surface area (Å²) in [5.74, 6) is -2.08. The van der Waals surface area contributed by atoms with Crippen LogP contribution in [0.4, 0.5) is 11.4 Å². The molecule has 10 heteroatoms. The van der Waals surface area contributed by atoms with Crippen LogP contribution in [-0.4, -0.2) is 35.4 Å². The summed E-state index contributed by atoms with van der Waals surface area (Å²) in [6.45, 7) is 2.56. The van der Waals surface area contributed by atoms with Crippen LogP contribution in [0.25, 0.3) is 0 Å². The molecule has 0 fully saturated rings. The van der Waals surface area contributed by atoms with E-state index < -0.39 is 35.4 Å². The number of carbonyl (C=O) groups excluding carboxylic acids is 3. The molecule has 0 spiro atoms. The molecule has 0 radical (unpaired) electrons. The van der Waals surface area contributed by atoms with Gasteiger partial charge in [0.1, 0.15) is 11.7 Å². The largest absolute Gasteiger partial charge is 0.454 e. The van der Waals surface area contributed by atoms with Gasteiger partial charge in [0, 0.05) is 16.7 Å². The van der Waals surface area contributed by atoms with Crippen LogP contribution in [0.15, 0.2) is 42.5 Å². The lowest BCUT2D eigenvalue weighted by Crippen LogP contribution is -2.40. The Morgan fingerprint density at radius 1 is 1.21 bits per heavy atom. The van der Waals surface area contributed by atoms with Crippen LogP contribution in [0, 0.1) is 17.0 Å². The zero-order chi connectivity index (χ0) is 21.6. The molecule has 2 rings (SSSR count). The normalized spacial score (nSPS) is 11.3. The van der Waals surface area contributed by atoms with Crippen LogP contribution in [0.3, 0.4) is 0 Å². The van der Waals surface area contributed by atoms with Crippen molar-refractivity contribution in [1.29, 1.82) is 0 Å². The van der Waals surface area contributed by atoms with Gasteiger partial charge in [0.05, 0.1) is 4.92 Å². The molecule has 0 aliphatic carbocycles. The molecule has 0 saturated carbocycles. The van der Waals surface area contributed by atoms with Crippen LogP contribution >= 0.6 is 11.6 Å². The SMILES string of the molecule is Cc1cccc(C(=O)N[C@@H](C)C(=O)OCC(=O)Nc2cc(Cl)ccc2[N+](=O)[O-])c1. The molecule has 0 bridgehead atoms. The van der Waals surface area contributed by atoms with Crippen molar-refractivity contribution in [3.05, 3.63) is 68.7 Å². The quantitative estimate of drug-likeness (QED) is 0.403. The molecule has 0 aliphatic rings. The lowest BCUT2D eigenvalue weighted by molar-refractivity contribution is -0.383. The standard InChI is InChI=1S/C19H18ClN3O6/c1-11-4-3-5-13(8-11)18(25)21-12(2)19(26)29-10-17(24)22-15-9-14(20)6-7-16(15)23(27)28/h3-9,12H,10H2,1-2H3,(H,21,25)(H,22,24)/t12-/m0/s1. The number of ether oxygens (including phenoxy) is 1. The number of nitro benzene ring substituents is 1. The Labute approximate surface area is 171 Å². The lowest BCUT2D eigenvalue weighted by atomic mass is 10.1. The van der Waals surface area contributed by atoms with E-state index in [0.29, 0.717) is 5.56 Å². The molecule has 0 unspecified atom stereocenters. The number of benzene rings is 2. The predicted octanol–water partition coefficient (Wildman–Crippen LogP) is 2.86. The second-order valence-corrected chi connectivity index (χ2v) is 6.58. The van der Waals surface area contributed by atoms with Gasteiger partial charge < -0.3 is 15.4 Å². The molecule has 1 atom stereocenters. The average molecular weight is 420 g/mol. The maximum atomic E-state index is 12.1. The number of amides is 2. The van der Waals surface area contributed by atoms with E-state index in [0.717, 1.165) is 11.6 Å². The average Bonchev–Trinajstić information content (AvgIpc) is 2.65. The van der Waals surface area contributed by atoms with Crippen molar-refractivity contribution in [2.75, 3.05) is 11.9 Å². The maximum Gasteiger partial charge on any atom is 0.328 e. The first-order chi connectivity index (χ1) is 13.7. The Balaban J connectivity index is 1.90. The Bertz CT molecular complexity index is 963. The van der Waals surface area contributed by atoms with Gasteiger partial charge in [0.25, 0.3) is 17.5 Å². The molecule has 9 nitrogen and oxygen atoms in total. The van der Waals surface area contributed by atoms with Crippen molar-refractivity contribution in [2.24, 2.45) is 0 Å². The number of nitrogens with zero attached hydrogens (tertiary/aromatic N) is 1. The number of rotatable bonds is 7. The second-order valence-electron chi connectivity index (χ2n) is 6.14. The number of aryl methyl sites for hydroxylation is 1. The fourth-order valence-electron chi connectivity index (χ4n) is 2.34. The number of nitrogens with one attached hydrogen (secondary N) is 2. The monoisotopic (exact) mass is 419 g/mol. The molecule has 2 N–H and O–H groups in total. The highest BCUT2D eigenvalue weighted by Crippen LogP contribution is 2.27. The summed E-state index contributed by atoms with van der Waals surface area (Å²) in [7, 11) is 0. The first kappa shape index (κ1) is 21.8. The Kier molecular flexibility index (Phi) is 7.27. The molecular formula is C19H18ClN3O6. The van der Waals surface area contributed by atoms with E-state index in [4.69, 9.17) is 16.3 Å². The third kappa shape index (κ3) is 6.28. The summed E-state index contributed by atoms with van der Waals surface area (Å²) in [5, 5.41) is 15.9. The second kappa shape index (κ2) is 9.65. The van der Waals surface area contributed by atoms with Crippen molar-refractivity contribution in [3.63, 3.8) is 0 Å². The highest BCUT2D eigenvalue weighted by molar-refractivity contribution is 6.31. The van der Waals surface area contributed by atoms with E-state index in [1.807, 2.05) is 13.0 Å². The first-order valence-corrected chi connectivity index (χ1v) is 8.83. The van der Waals surface area contributed by atoms with Crippen molar-refractivity contribution < 1.29 is 24.0 Å². The van der Waals surface area contributed by atoms with Crippen molar-refractivity contribution in [3.8, 4) is 0 Å². The van der Waals surface area contributed by atoms with E-state index in [9.17, 15) is 24.5 Å². The van der Waals surface area contributed by atoms with Gasteiger partial charge in [-0.3, -0.25) is 19.7 Å². The molecule has 2 aromatic carbocycles. The summed E-state index contributed by atoms with van der Waals surface area (Å²) in [4.78, 5) is 46.4. The van der Waals surface area contributed by atoms with Gasteiger partial charge in [-0.05, 0) is 38.1 Å². The van der Waals surface area contributed by atoms with Crippen molar-refractivity contribution >= 4 is 40.8 Å². The van der Waals surface area contributed by atoms with Crippen LogP contribution < -0.4 is 10.6 Å². The summed E-state index contributed by atoms with van der Waals surface area (Å²) in [5.41, 5.74) is 0.799. The number of hydrogen-bond donors (Lipinski definition) is 2. The third-order valence-corrected chi connectivity index (χ3v) is 3.99. The number of nitro groups is 1. The number of anilines is 1. The highest BCUT2D eigenvalue weighted by Gasteiger charge is 2.21. The number of hydrogen-bond acceptors (Lipinski definition) is 6. The van der Waals surface area contributed by atoms with Crippen LogP contribution in [0.2, 0.25) is 5.02 Å². The molecule has 0 aliphatic heterocycles. The van der Waals surface area contributed by atoms with Gasteiger partial charge in [-0.1, -0.05) is 29.3 Å². The number of esters is 1. The molecule has 0 saturated heterocycles. The minimum absolute atomic E-state index is 0.121. The molecule has 152 valence electrons. The Morgan fingerprint density at radius 2 is 1.93 bits per heavy atom. The van der Waals surface area contributed by atoms with Gasteiger partial charge in [-0.15, -0.1) is 0 Å². The fraction of sp³-hybridized carbons (Fsp3) is 0.211. The molecular weight excluding hydrogens is 402 g/mol. The zero-order valence-corrected chi connectivity index (χ0v) is 16.4. The van der Waals surface area contributed by atoms with E-state index in [1.165, 1.54) is 19.1 Å².